The Morgan fingerprint density at radius 1 is 1.21 bits per heavy atom. The molecular weight excluding hydrogens is 440 g/mol. The molecule has 0 spiro atoms. The maximum absolute atomic E-state index is 13.4. The van der Waals surface area contributed by atoms with Gasteiger partial charge in [-0.3, -0.25) is 9.59 Å². The van der Waals surface area contributed by atoms with Crippen LogP contribution in [0.3, 0.4) is 0 Å². The molecule has 0 radical (unpaired) electrons. The zero-order valence-electron chi connectivity index (χ0n) is 19.9. The molecule has 0 saturated heterocycles. The average Bonchev–Trinajstić information content (AvgIpc) is 3.28. The summed E-state index contributed by atoms with van der Waals surface area (Å²) in [4.78, 5) is 30.9. The number of hydrogen-bond acceptors (Lipinski definition) is 6. The van der Waals surface area contributed by atoms with Crippen LogP contribution in [0.15, 0.2) is 35.7 Å². The first-order valence-corrected chi connectivity index (χ1v) is 12.2. The summed E-state index contributed by atoms with van der Waals surface area (Å²) in [6.45, 7) is 5.79. The summed E-state index contributed by atoms with van der Waals surface area (Å²) in [5.74, 6) is 1.55. The predicted octanol–water partition coefficient (Wildman–Crippen LogP) is 3.78. The van der Waals surface area contributed by atoms with Crippen LogP contribution < -0.4 is 9.47 Å². The molecule has 1 aromatic heterocycles. The van der Waals surface area contributed by atoms with Gasteiger partial charge >= 0.3 is 0 Å². The van der Waals surface area contributed by atoms with Gasteiger partial charge in [-0.25, -0.2) is 0 Å². The summed E-state index contributed by atoms with van der Waals surface area (Å²) in [5.41, 5.74) is 1.12. The first kappa shape index (κ1) is 25.1. The fraction of sp³-hybridized carbons (Fsp3) is 0.520. The van der Waals surface area contributed by atoms with Crippen molar-refractivity contribution in [3.8, 4) is 11.5 Å². The fourth-order valence-corrected chi connectivity index (χ4v) is 4.89. The lowest BCUT2D eigenvalue weighted by Gasteiger charge is -2.37. The Bertz CT molecular complexity index is 929. The molecule has 0 fully saturated rings. The van der Waals surface area contributed by atoms with Crippen molar-refractivity contribution in [1.29, 1.82) is 0 Å². The third-order valence-corrected chi connectivity index (χ3v) is 6.69. The van der Waals surface area contributed by atoms with E-state index in [9.17, 15) is 9.59 Å². The summed E-state index contributed by atoms with van der Waals surface area (Å²) < 4.78 is 16.6. The predicted molar refractivity (Wildman–Crippen MR) is 129 cm³/mol. The van der Waals surface area contributed by atoms with Gasteiger partial charge in [0.05, 0.1) is 26.3 Å². The standard InChI is InChI=1S/C25H34N2O5S/c1-18(2)14-24(28)26(11-12-30-3)16-25(29)27-10-8-23-21(9-13-33-23)22(27)17-32-20-7-5-6-19(15-20)31-4/h5-7,9,13,15,18,22H,8,10-12,14,16-17H2,1-4H3/t22-/m1/s1. The van der Waals surface area contributed by atoms with Crippen molar-refractivity contribution in [1.82, 2.24) is 9.80 Å². The number of amides is 2. The minimum atomic E-state index is -0.205. The fourth-order valence-electron chi connectivity index (χ4n) is 3.97. The smallest absolute Gasteiger partial charge is 0.242 e. The lowest BCUT2D eigenvalue weighted by Crippen LogP contribution is -2.48. The number of benzene rings is 1. The van der Waals surface area contributed by atoms with Gasteiger partial charge < -0.3 is 24.0 Å². The van der Waals surface area contributed by atoms with Crippen molar-refractivity contribution >= 4 is 23.2 Å². The maximum Gasteiger partial charge on any atom is 0.242 e. The summed E-state index contributed by atoms with van der Waals surface area (Å²) in [6, 6.07) is 9.32. The van der Waals surface area contributed by atoms with Gasteiger partial charge in [0.25, 0.3) is 0 Å². The number of nitrogens with zero attached hydrogens (tertiary/aromatic N) is 2. The van der Waals surface area contributed by atoms with Crippen molar-refractivity contribution in [3.05, 3.63) is 46.2 Å². The molecule has 180 valence electrons. The van der Waals surface area contributed by atoms with E-state index in [1.54, 1.807) is 30.5 Å². The molecule has 7 nitrogen and oxygen atoms in total. The van der Waals surface area contributed by atoms with Crippen LogP contribution in [0.2, 0.25) is 0 Å². The lowest BCUT2D eigenvalue weighted by molar-refractivity contribution is -0.143. The zero-order valence-corrected chi connectivity index (χ0v) is 20.7. The molecular formula is C25H34N2O5S. The minimum Gasteiger partial charge on any atom is -0.497 e. The Hall–Kier alpha value is -2.58. The molecule has 2 amide bonds. The largest absolute Gasteiger partial charge is 0.497 e. The third kappa shape index (κ3) is 6.71. The maximum atomic E-state index is 13.4. The zero-order chi connectivity index (χ0) is 23.8. The summed E-state index contributed by atoms with van der Waals surface area (Å²) in [6.07, 6.45) is 1.22. The molecule has 2 aromatic rings. The molecule has 2 heterocycles. The van der Waals surface area contributed by atoms with Crippen LogP contribution in [0, 0.1) is 5.92 Å². The molecule has 1 aromatic carbocycles. The molecule has 0 N–H and O–H groups in total. The van der Waals surface area contributed by atoms with E-state index in [4.69, 9.17) is 14.2 Å². The van der Waals surface area contributed by atoms with E-state index in [0.717, 1.165) is 17.7 Å². The average molecular weight is 475 g/mol. The number of fused-ring (bicyclic) bond motifs is 1. The Kier molecular flexibility index (Phi) is 9.14. The van der Waals surface area contributed by atoms with Gasteiger partial charge in [-0.05, 0) is 41.5 Å². The molecule has 8 heteroatoms. The third-order valence-electron chi connectivity index (χ3n) is 5.69. The van der Waals surface area contributed by atoms with Crippen molar-refractivity contribution in [3.63, 3.8) is 0 Å². The molecule has 0 aliphatic carbocycles. The molecule has 0 unspecified atom stereocenters. The summed E-state index contributed by atoms with van der Waals surface area (Å²) in [7, 11) is 3.22. The van der Waals surface area contributed by atoms with Crippen molar-refractivity contribution in [2.45, 2.75) is 32.7 Å². The number of carbonyl (C=O) groups is 2. The molecule has 0 saturated carbocycles. The van der Waals surface area contributed by atoms with Crippen molar-refractivity contribution in [2.24, 2.45) is 5.92 Å². The van der Waals surface area contributed by atoms with Gasteiger partial charge in [0.2, 0.25) is 11.8 Å². The SMILES string of the molecule is COCCN(CC(=O)N1CCc2sccc2[C@H]1COc1cccc(OC)c1)C(=O)CC(C)C. The van der Waals surface area contributed by atoms with Crippen LogP contribution in [0.5, 0.6) is 11.5 Å². The van der Waals surface area contributed by atoms with Gasteiger partial charge in [0.15, 0.2) is 0 Å². The number of thiophene rings is 1. The second-order valence-electron chi connectivity index (χ2n) is 8.55. The number of methoxy groups -OCH3 is 2. The van der Waals surface area contributed by atoms with Gasteiger partial charge in [-0.1, -0.05) is 19.9 Å². The van der Waals surface area contributed by atoms with Gasteiger partial charge in [-0.15, -0.1) is 11.3 Å². The van der Waals surface area contributed by atoms with E-state index in [2.05, 4.69) is 11.4 Å². The summed E-state index contributed by atoms with van der Waals surface area (Å²) in [5, 5.41) is 2.06. The van der Waals surface area contributed by atoms with Crippen molar-refractivity contribution < 1.29 is 23.8 Å². The van der Waals surface area contributed by atoms with E-state index in [0.29, 0.717) is 38.5 Å². The van der Waals surface area contributed by atoms with Crippen LogP contribution in [-0.2, 0) is 20.7 Å². The number of hydrogen-bond donors (Lipinski definition) is 0. The minimum absolute atomic E-state index is 0.0205. The number of rotatable bonds is 11. The first-order chi connectivity index (χ1) is 15.9. The first-order valence-electron chi connectivity index (χ1n) is 11.3. The Morgan fingerprint density at radius 2 is 2.00 bits per heavy atom. The quantitative estimate of drug-likeness (QED) is 0.496. The molecule has 1 aliphatic rings. The van der Waals surface area contributed by atoms with E-state index in [1.165, 1.54) is 4.88 Å². The van der Waals surface area contributed by atoms with E-state index < -0.39 is 0 Å². The molecule has 1 aliphatic heterocycles. The van der Waals surface area contributed by atoms with E-state index >= 15 is 0 Å². The molecule has 3 rings (SSSR count). The van der Waals surface area contributed by atoms with Crippen LogP contribution in [0.25, 0.3) is 0 Å². The highest BCUT2D eigenvalue weighted by Gasteiger charge is 2.33. The van der Waals surface area contributed by atoms with Crippen LogP contribution >= 0.6 is 11.3 Å². The van der Waals surface area contributed by atoms with Crippen LogP contribution in [0.1, 0.15) is 36.8 Å². The van der Waals surface area contributed by atoms with Crippen molar-refractivity contribution in [2.75, 3.05) is 47.1 Å². The Balaban J connectivity index is 1.75. The topological polar surface area (TPSA) is 68.3 Å². The van der Waals surface area contributed by atoms with Crippen LogP contribution in [0.4, 0.5) is 0 Å². The van der Waals surface area contributed by atoms with Crippen LogP contribution in [-0.4, -0.2) is 68.7 Å². The Morgan fingerprint density at radius 3 is 2.73 bits per heavy atom. The molecule has 1 atom stereocenters. The number of ether oxygens (including phenoxy) is 3. The van der Waals surface area contributed by atoms with Gasteiger partial charge in [0, 0.05) is 37.6 Å². The number of carbonyl (C=O) groups excluding carboxylic acids is 2. The van der Waals surface area contributed by atoms with Gasteiger partial charge in [0.1, 0.15) is 18.1 Å². The van der Waals surface area contributed by atoms with Gasteiger partial charge in [-0.2, -0.15) is 0 Å². The highest BCUT2D eigenvalue weighted by atomic mass is 32.1. The highest BCUT2D eigenvalue weighted by molar-refractivity contribution is 7.10. The second kappa shape index (κ2) is 12.0. The molecule has 33 heavy (non-hydrogen) atoms. The lowest BCUT2D eigenvalue weighted by atomic mass is 10.0. The molecule has 0 bridgehead atoms. The highest BCUT2D eigenvalue weighted by Crippen LogP contribution is 2.34. The summed E-state index contributed by atoms with van der Waals surface area (Å²) >= 11 is 1.71. The monoisotopic (exact) mass is 474 g/mol. The Labute approximate surface area is 200 Å². The van der Waals surface area contributed by atoms with E-state index in [-0.39, 0.29) is 30.3 Å². The van der Waals surface area contributed by atoms with E-state index in [1.807, 2.05) is 43.0 Å². The normalized spacial score (nSPS) is 15.3. The second-order valence-corrected chi connectivity index (χ2v) is 9.55.